The van der Waals surface area contributed by atoms with Crippen LogP contribution in [0.4, 0.5) is 5.69 Å². The van der Waals surface area contributed by atoms with Crippen molar-refractivity contribution in [3.05, 3.63) is 29.8 Å². The van der Waals surface area contributed by atoms with E-state index in [1.807, 2.05) is 24.3 Å². The van der Waals surface area contributed by atoms with Crippen LogP contribution in [0.25, 0.3) is 0 Å². The standard InChI is InChI=1S/C15H23NOSi/c1-15(2,3)18(4,5)17-12-6-7-13-8-10-14(16)11-9-13/h8-11H,12,16H2,1-5H3. The number of rotatable bonds is 2. The van der Waals surface area contributed by atoms with Gasteiger partial charge in [0.25, 0.3) is 0 Å². The molecule has 0 atom stereocenters. The quantitative estimate of drug-likeness (QED) is 0.501. The lowest BCUT2D eigenvalue weighted by molar-refractivity contribution is 0.334. The van der Waals surface area contributed by atoms with E-state index in [9.17, 15) is 0 Å². The van der Waals surface area contributed by atoms with Gasteiger partial charge in [0.05, 0.1) is 6.61 Å². The second kappa shape index (κ2) is 5.60. The molecule has 0 aromatic heterocycles. The van der Waals surface area contributed by atoms with Gasteiger partial charge in [-0.25, -0.2) is 0 Å². The van der Waals surface area contributed by atoms with Crippen molar-refractivity contribution in [1.82, 2.24) is 0 Å². The fraction of sp³-hybridized carbons (Fsp3) is 0.467. The van der Waals surface area contributed by atoms with Gasteiger partial charge < -0.3 is 10.2 Å². The van der Waals surface area contributed by atoms with Crippen molar-refractivity contribution in [3.8, 4) is 11.8 Å². The van der Waals surface area contributed by atoms with Gasteiger partial charge in [0.15, 0.2) is 8.32 Å². The predicted molar refractivity (Wildman–Crippen MR) is 80.9 cm³/mol. The van der Waals surface area contributed by atoms with E-state index in [-0.39, 0.29) is 5.04 Å². The summed E-state index contributed by atoms with van der Waals surface area (Å²) in [5, 5.41) is 0.232. The SMILES string of the molecule is CC(C)(C)[Si](C)(C)OCC#Cc1ccc(N)cc1. The van der Waals surface area contributed by atoms with Gasteiger partial charge in [-0.1, -0.05) is 32.6 Å². The number of nitrogen functional groups attached to an aromatic ring is 1. The number of hydrogen-bond donors (Lipinski definition) is 1. The van der Waals surface area contributed by atoms with Gasteiger partial charge >= 0.3 is 0 Å². The monoisotopic (exact) mass is 261 g/mol. The smallest absolute Gasteiger partial charge is 0.193 e. The predicted octanol–water partition coefficient (Wildman–Crippen LogP) is 3.64. The zero-order chi connectivity index (χ0) is 13.8. The second-order valence-electron chi connectivity index (χ2n) is 5.97. The fourth-order valence-electron chi connectivity index (χ4n) is 1.14. The van der Waals surface area contributed by atoms with Crippen LogP contribution in [0.2, 0.25) is 18.1 Å². The highest BCUT2D eigenvalue weighted by Gasteiger charge is 2.36. The van der Waals surface area contributed by atoms with Crippen molar-refractivity contribution in [2.45, 2.75) is 38.9 Å². The third kappa shape index (κ3) is 4.21. The summed E-state index contributed by atoms with van der Waals surface area (Å²) in [4.78, 5) is 0. The summed E-state index contributed by atoms with van der Waals surface area (Å²) in [6.07, 6.45) is 0. The van der Waals surface area contributed by atoms with Gasteiger partial charge in [-0.15, -0.1) is 0 Å². The normalized spacial score (nSPS) is 11.8. The maximum Gasteiger partial charge on any atom is 0.193 e. The van der Waals surface area contributed by atoms with E-state index in [0.717, 1.165) is 11.3 Å². The van der Waals surface area contributed by atoms with Crippen molar-refractivity contribution >= 4 is 14.0 Å². The molecule has 0 unspecified atom stereocenters. The summed E-state index contributed by atoms with van der Waals surface area (Å²) >= 11 is 0. The number of anilines is 1. The molecule has 1 aromatic rings. The Hall–Kier alpha value is -1.24. The first-order valence-electron chi connectivity index (χ1n) is 6.21. The minimum atomic E-state index is -1.67. The Labute approximate surface area is 112 Å². The molecule has 2 nitrogen and oxygen atoms in total. The van der Waals surface area contributed by atoms with Gasteiger partial charge in [-0.05, 0) is 42.4 Å². The molecule has 18 heavy (non-hydrogen) atoms. The highest BCUT2D eigenvalue weighted by molar-refractivity contribution is 6.74. The van der Waals surface area contributed by atoms with Crippen LogP contribution in [0.15, 0.2) is 24.3 Å². The molecule has 0 saturated heterocycles. The Morgan fingerprint density at radius 1 is 1.17 bits per heavy atom. The van der Waals surface area contributed by atoms with Crippen molar-refractivity contribution in [2.75, 3.05) is 12.3 Å². The summed E-state index contributed by atoms with van der Waals surface area (Å²) in [5.74, 6) is 6.16. The van der Waals surface area contributed by atoms with E-state index in [4.69, 9.17) is 10.2 Å². The van der Waals surface area contributed by atoms with Crippen molar-refractivity contribution < 1.29 is 4.43 Å². The van der Waals surface area contributed by atoms with Gasteiger partial charge in [0, 0.05) is 11.3 Å². The molecular formula is C15H23NOSi. The lowest BCUT2D eigenvalue weighted by Crippen LogP contribution is -2.40. The third-order valence-corrected chi connectivity index (χ3v) is 7.93. The van der Waals surface area contributed by atoms with Gasteiger partial charge in [-0.2, -0.15) is 0 Å². The molecule has 0 amide bonds. The molecule has 98 valence electrons. The van der Waals surface area contributed by atoms with E-state index in [1.165, 1.54) is 0 Å². The molecule has 0 aliphatic carbocycles. The maximum absolute atomic E-state index is 5.98. The van der Waals surface area contributed by atoms with Crippen LogP contribution in [0.3, 0.4) is 0 Å². The van der Waals surface area contributed by atoms with Crippen LogP contribution in [0, 0.1) is 11.8 Å². The van der Waals surface area contributed by atoms with Crippen molar-refractivity contribution in [1.29, 1.82) is 0 Å². The Morgan fingerprint density at radius 3 is 2.22 bits per heavy atom. The summed E-state index contributed by atoms with van der Waals surface area (Å²) in [5.41, 5.74) is 7.36. The minimum absolute atomic E-state index is 0.232. The van der Waals surface area contributed by atoms with E-state index in [2.05, 4.69) is 45.7 Å². The molecular weight excluding hydrogens is 238 g/mol. The molecule has 1 rings (SSSR count). The largest absolute Gasteiger partial charge is 0.406 e. The molecule has 3 heteroatoms. The van der Waals surface area contributed by atoms with Crippen LogP contribution in [0.1, 0.15) is 26.3 Å². The molecule has 0 aliphatic rings. The highest BCUT2D eigenvalue weighted by Crippen LogP contribution is 2.36. The van der Waals surface area contributed by atoms with E-state index >= 15 is 0 Å². The molecule has 0 saturated carbocycles. The fourth-order valence-corrected chi connectivity index (χ4v) is 2.00. The number of nitrogens with two attached hydrogens (primary N) is 1. The van der Waals surface area contributed by atoms with Gasteiger partial charge in [0.1, 0.15) is 0 Å². The van der Waals surface area contributed by atoms with Crippen LogP contribution >= 0.6 is 0 Å². The molecule has 0 spiro atoms. The Kier molecular flexibility index (Phi) is 4.61. The summed E-state index contributed by atoms with van der Waals surface area (Å²) in [6.45, 7) is 11.7. The molecule has 1 aromatic carbocycles. The number of hydrogen-bond acceptors (Lipinski definition) is 2. The first kappa shape index (κ1) is 14.8. The topological polar surface area (TPSA) is 35.2 Å². The van der Waals surface area contributed by atoms with E-state index in [1.54, 1.807) is 0 Å². The first-order chi connectivity index (χ1) is 8.22. The van der Waals surface area contributed by atoms with E-state index in [0.29, 0.717) is 6.61 Å². The molecule has 0 bridgehead atoms. The van der Waals surface area contributed by atoms with Crippen LogP contribution < -0.4 is 5.73 Å². The summed E-state index contributed by atoms with van der Waals surface area (Å²) in [6, 6.07) is 7.57. The zero-order valence-corrected chi connectivity index (χ0v) is 13.0. The first-order valence-corrected chi connectivity index (χ1v) is 9.11. The number of benzene rings is 1. The average molecular weight is 261 g/mol. The van der Waals surface area contributed by atoms with Crippen LogP contribution in [-0.4, -0.2) is 14.9 Å². The lowest BCUT2D eigenvalue weighted by atomic mass is 10.2. The highest BCUT2D eigenvalue weighted by atomic mass is 28.4. The molecule has 0 heterocycles. The lowest BCUT2D eigenvalue weighted by Gasteiger charge is -2.35. The summed E-state index contributed by atoms with van der Waals surface area (Å²) in [7, 11) is -1.67. The van der Waals surface area contributed by atoms with E-state index < -0.39 is 8.32 Å². The van der Waals surface area contributed by atoms with Crippen LogP contribution in [0.5, 0.6) is 0 Å². The van der Waals surface area contributed by atoms with Gasteiger partial charge in [0.2, 0.25) is 0 Å². The van der Waals surface area contributed by atoms with Crippen LogP contribution in [-0.2, 0) is 4.43 Å². The van der Waals surface area contributed by atoms with Crippen molar-refractivity contribution in [2.24, 2.45) is 0 Å². The van der Waals surface area contributed by atoms with Crippen molar-refractivity contribution in [3.63, 3.8) is 0 Å². The zero-order valence-electron chi connectivity index (χ0n) is 12.0. The molecule has 0 radical (unpaired) electrons. The molecule has 0 fully saturated rings. The second-order valence-corrected chi connectivity index (χ2v) is 10.8. The molecule has 0 aliphatic heterocycles. The molecule has 2 N–H and O–H groups in total. The average Bonchev–Trinajstić information content (AvgIpc) is 2.25. The Balaban J connectivity index is 2.55. The Bertz CT molecular complexity index is 446. The maximum atomic E-state index is 5.98. The third-order valence-electron chi connectivity index (χ3n) is 3.45. The summed E-state index contributed by atoms with van der Waals surface area (Å²) < 4.78 is 5.98. The minimum Gasteiger partial charge on any atom is -0.406 e. The van der Waals surface area contributed by atoms with Gasteiger partial charge in [-0.3, -0.25) is 0 Å². The Morgan fingerprint density at radius 2 is 1.72 bits per heavy atom.